The van der Waals surface area contributed by atoms with Crippen molar-refractivity contribution in [2.45, 2.75) is 39.2 Å². The van der Waals surface area contributed by atoms with Crippen LogP contribution in [-0.2, 0) is 22.4 Å². The Hall–Kier alpha value is -2.66. The van der Waals surface area contributed by atoms with E-state index in [4.69, 9.17) is 0 Å². The van der Waals surface area contributed by atoms with E-state index in [0.717, 1.165) is 27.8 Å². The summed E-state index contributed by atoms with van der Waals surface area (Å²) in [6.45, 7) is 5.82. The van der Waals surface area contributed by atoms with E-state index in [1.54, 1.807) is 0 Å². The predicted octanol–water partition coefficient (Wildman–Crippen LogP) is 2.20. The fourth-order valence-electron chi connectivity index (χ4n) is 3.67. The average Bonchev–Trinajstić information content (AvgIpc) is 2.92. The van der Waals surface area contributed by atoms with Gasteiger partial charge in [0, 0.05) is 25.1 Å². The third-order valence-corrected chi connectivity index (χ3v) is 4.86. The molecule has 0 saturated heterocycles. The van der Waals surface area contributed by atoms with E-state index in [2.05, 4.69) is 10.6 Å². The van der Waals surface area contributed by atoms with Crippen LogP contribution in [0.15, 0.2) is 36.4 Å². The summed E-state index contributed by atoms with van der Waals surface area (Å²) in [5, 5.41) is 16.0. The van der Waals surface area contributed by atoms with Gasteiger partial charge in [-0.25, -0.2) is 0 Å². The number of hydrogen-bond acceptors (Lipinski definition) is 3. The molecule has 0 aliphatic heterocycles. The van der Waals surface area contributed by atoms with Crippen molar-refractivity contribution in [3.05, 3.63) is 64.2 Å². The lowest BCUT2D eigenvalue weighted by atomic mass is 10.0. The standard InChI is InChI=1S/C21H24N2O3/c1-13-8-14(2)18(15(3)9-13)23-20(25)19(24)22-12-21(26)10-16-6-4-5-7-17(16)11-21/h4-9,26H,10-12H2,1-3H3,(H,22,24)(H,23,25). The van der Waals surface area contributed by atoms with Crippen LogP contribution in [0.25, 0.3) is 0 Å². The van der Waals surface area contributed by atoms with E-state index >= 15 is 0 Å². The average molecular weight is 352 g/mol. The lowest BCUT2D eigenvalue weighted by molar-refractivity contribution is -0.136. The van der Waals surface area contributed by atoms with Crippen molar-refractivity contribution >= 4 is 17.5 Å². The number of anilines is 1. The van der Waals surface area contributed by atoms with Crippen molar-refractivity contribution in [3.8, 4) is 0 Å². The topological polar surface area (TPSA) is 78.4 Å². The molecular weight excluding hydrogens is 328 g/mol. The van der Waals surface area contributed by atoms with Gasteiger partial charge in [-0.2, -0.15) is 0 Å². The number of aryl methyl sites for hydroxylation is 3. The van der Waals surface area contributed by atoms with E-state index in [1.807, 2.05) is 57.2 Å². The molecule has 0 radical (unpaired) electrons. The quantitative estimate of drug-likeness (QED) is 0.741. The number of benzene rings is 2. The van der Waals surface area contributed by atoms with Gasteiger partial charge in [0.1, 0.15) is 0 Å². The first-order valence-electron chi connectivity index (χ1n) is 8.74. The molecule has 0 spiro atoms. The van der Waals surface area contributed by atoms with E-state index in [9.17, 15) is 14.7 Å². The molecule has 26 heavy (non-hydrogen) atoms. The Morgan fingerprint density at radius 3 is 2.08 bits per heavy atom. The fourth-order valence-corrected chi connectivity index (χ4v) is 3.67. The van der Waals surface area contributed by atoms with Crippen LogP contribution in [0.2, 0.25) is 0 Å². The minimum atomic E-state index is -1.05. The van der Waals surface area contributed by atoms with E-state index in [-0.39, 0.29) is 6.54 Å². The Bertz CT molecular complexity index is 825. The summed E-state index contributed by atoms with van der Waals surface area (Å²) in [5.74, 6) is -1.46. The third-order valence-electron chi connectivity index (χ3n) is 4.86. The molecule has 2 aromatic carbocycles. The van der Waals surface area contributed by atoms with Crippen molar-refractivity contribution in [2.24, 2.45) is 0 Å². The maximum Gasteiger partial charge on any atom is 0.313 e. The minimum absolute atomic E-state index is 0.0415. The second-order valence-electron chi connectivity index (χ2n) is 7.26. The van der Waals surface area contributed by atoms with Crippen molar-refractivity contribution in [1.29, 1.82) is 0 Å². The molecule has 2 aromatic rings. The molecule has 1 aliphatic carbocycles. The SMILES string of the molecule is Cc1cc(C)c(NC(=O)C(=O)NCC2(O)Cc3ccccc3C2)c(C)c1. The molecule has 136 valence electrons. The highest BCUT2D eigenvalue weighted by Gasteiger charge is 2.35. The van der Waals surface area contributed by atoms with Crippen LogP contribution in [0, 0.1) is 20.8 Å². The monoisotopic (exact) mass is 352 g/mol. The summed E-state index contributed by atoms with van der Waals surface area (Å²) < 4.78 is 0. The fraction of sp³-hybridized carbons (Fsp3) is 0.333. The number of carbonyl (C=O) groups excluding carboxylic acids is 2. The van der Waals surface area contributed by atoms with Crippen molar-refractivity contribution in [3.63, 3.8) is 0 Å². The normalized spacial score (nSPS) is 14.6. The van der Waals surface area contributed by atoms with Gasteiger partial charge >= 0.3 is 11.8 Å². The number of amides is 2. The lowest BCUT2D eigenvalue weighted by Crippen LogP contribution is -2.46. The Labute approximate surface area is 153 Å². The Morgan fingerprint density at radius 2 is 1.54 bits per heavy atom. The molecule has 3 rings (SSSR count). The molecule has 0 aromatic heterocycles. The van der Waals surface area contributed by atoms with Gasteiger partial charge in [0.05, 0.1) is 5.60 Å². The van der Waals surface area contributed by atoms with Gasteiger partial charge in [0.25, 0.3) is 0 Å². The predicted molar refractivity (Wildman–Crippen MR) is 101 cm³/mol. The largest absolute Gasteiger partial charge is 0.387 e. The summed E-state index contributed by atoms with van der Waals surface area (Å²) in [5.41, 5.74) is 4.70. The molecule has 1 aliphatic rings. The van der Waals surface area contributed by atoms with Gasteiger partial charge in [0.2, 0.25) is 0 Å². The Morgan fingerprint density at radius 1 is 1.00 bits per heavy atom. The first kappa shape index (κ1) is 18.1. The van der Waals surface area contributed by atoms with Crippen LogP contribution in [0.5, 0.6) is 0 Å². The van der Waals surface area contributed by atoms with Crippen LogP contribution in [0.3, 0.4) is 0 Å². The number of nitrogens with one attached hydrogen (secondary N) is 2. The summed E-state index contributed by atoms with van der Waals surface area (Å²) >= 11 is 0. The molecule has 5 heteroatoms. The highest BCUT2D eigenvalue weighted by Crippen LogP contribution is 2.29. The molecule has 0 saturated carbocycles. The summed E-state index contributed by atoms with van der Waals surface area (Å²) in [6, 6.07) is 11.7. The minimum Gasteiger partial charge on any atom is -0.387 e. The van der Waals surface area contributed by atoms with Gasteiger partial charge in [-0.15, -0.1) is 0 Å². The molecule has 0 fully saturated rings. The van der Waals surface area contributed by atoms with Gasteiger partial charge in [-0.05, 0) is 43.0 Å². The lowest BCUT2D eigenvalue weighted by Gasteiger charge is -2.22. The first-order chi connectivity index (χ1) is 12.3. The number of fused-ring (bicyclic) bond motifs is 1. The Kier molecular flexibility index (Phi) is 4.83. The number of carbonyl (C=O) groups is 2. The van der Waals surface area contributed by atoms with E-state index in [1.165, 1.54) is 0 Å². The highest BCUT2D eigenvalue weighted by molar-refractivity contribution is 6.39. The summed E-state index contributed by atoms with van der Waals surface area (Å²) in [7, 11) is 0. The summed E-state index contributed by atoms with van der Waals surface area (Å²) in [4.78, 5) is 24.4. The highest BCUT2D eigenvalue weighted by atomic mass is 16.3. The van der Waals surface area contributed by atoms with E-state index in [0.29, 0.717) is 18.5 Å². The zero-order valence-electron chi connectivity index (χ0n) is 15.3. The van der Waals surface area contributed by atoms with E-state index < -0.39 is 17.4 Å². The molecule has 0 heterocycles. The second kappa shape index (κ2) is 6.92. The maximum absolute atomic E-state index is 12.2. The van der Waals surface area contributed by atoms with Crippen molar-refractivity contribution in [2.75, 3.05) is 11.9 Å². The van der Waals surface area contributed by atoms with Gasteiger partial charge in [-0.3, -0.25) is 9.59 Å². The molecule has 3 N–H and O–H groups in total. The zero-order chi connectivity index (χ0) is 18.9. The van der Waals surface area contributed by atoms with Crippen LogP contribution in [-0.4, -0.2) is 29.1 Å². The smallest absolute Gasteiger partial charge is 0.313 e. The molecular formula is C21H24N2O3. The summed E-state index contributed by atoms with van der Waals surface area (Å²) in [6.07, 6.45) is 0.947. The maximum atomic E-state index is 12.2. The second-order valence-corrected chi connectivity index (χ2v) is 7.26. The van der Waals surface area contributed by atoms with Crippen LogP contribution >= 0.6 is 0 Å². The van der Waals surface area contributed by atoms with Crippen molar-refractivity contribution < 1.29 is 14.7 Å². The zero-order valence-corrected chi connectivity index (χ0v) is 15.3. The van der Waals surface area contributed by atoms with Crippen LogP contribution in [0.4, 0.5) is 5.69 Å². The molecule has 0 bridgehead atoms. The first-order valence-corrected chi connectivity index (χ1v) is 8.74. The molecule has 0 atom stereocenters. The van der Waals surface area contributed by atoms with Crippen LogP contribution in [0.1, 0.15) is 27.8 Å². The number of rotatable bonds is 3. The molecule has 0 unspecified atom stereocenters. The van der Waals surface area contributed by atoms with Gasteiger partial charge < -0.3 is 15.7 Å². The van der Waals surface area contributed by atoms with Crippen LogP contribution < -0.4 is 10.6 Å². The molecule has 2 amide bonds. The van der Waals surface area contributed by atoms with Gasteiger partial charge in [0.15, 0.2) is 0 Å². The molecule has 5 nitrogen and oxygen atoms in total. The Balaban J connectivity index is 1.60. The third kappa shape index (κ3) is 3.78. The number of aliphatic hydroxyl groups is 1. The number of hydrogen-bond donors (Lipinski definition) is 3. The van der Waals surface area contributed by atoms with Gasteiger partial charge in [-0.1, -0.05) is 42.0 Å². The van der Waals surface area contributed by atoms with Crippen molar-refractivity contribution in [1.82, 2.24) is 5.32 Å².